The van der Waals surface area contributed by atoms with Crippen LogP contribution in [0.2, 0.25) is 0 Å². The molecule has 3 aromatic rings. The number of aryl methyl sites for hydroxylation is 1. The second-order valence-corrected chi connectivity index (χ2v) is 7.86. The van der Waals surface area contributed by atoms with Crippen molar-refractivity contribution >= 4 is 37.5 Å². The number of H-pyrrole nitrogens is 1. The molecule has 0 radical (unpaired) electrons. The zero-order valence-electron chi connectivity index (χ0n) is 11.2. The summed E-state index contributed by atoms with van der Waals surface area (Å²) >= 11 is 4.86. The molecule has 21 heavy (non-hydrogen) atoms. The second-order valence-electron chi connectivity index (χ2n) is 5.42. The van der Waals surface area contributed by atoms with Crippen molar-refractivity contribution in [3.63, 3.8) is 0 Å². The van der Waals surface area contributed by atoms with Crippen molar-refractivity contribution in [3.05, 3.63) is 61.4 Å². The van der Waals surface area contributed by atoms with Crippen LogP contribution in [-0.2, 0) is 12.8 Å². The Bertz CT molecular complexity index is 883. The van der Waals surface area contributed by atoms with E-state index in [0.29, 0.717) is 10.6 Å². The number of hydrogen-bond acceptors (Lipinski definition) is 3. The molecule has 1 aromatic carbocycles. The fraction of sp³-hybridized carbons (Fsp3) is 0.250. The monoisotopic (exact) mass is 360 g/mol. The van der Waals surface area contributed by atoms with Crippen LogP contribution < -0.4 is 5.56 Å². The van der Waals surface area contributed by atoms with Crippen LogP contribution in [0.4, 0.5) is 0 Å². The first-order valence-electron chi connectivity index (χ1n) is 6.97. The maximum Gasteiger partial charge on any atom is 0.268 e. The number of aromatic amines is 1. The Morgan fingerprint density at radius 1 is 1.29 bits per heavy atom. The van der Waals surface area contributed by atoms with Crippen LogP contribution in [0, 0.1) is 0 Å². The molecule has 3 nitrogen and oxygen atoms in total. The van der Waals surface area contributed by atoms with E-state index in [0.717, 1.165) is 34.4 Å². The van der Waals surface area contributed by atoms with Crippen molar-refractivity contribution in [2.45, 2.75) is 25.2 Å². The summed E-state index contributed by atoms with van der Waals surface area (Å²) in [6.07, 6.45) is 3.04. The Balaban J connectivity index is 1.76. The largest absolute Gasteiger partial charge is 0.309 e. The third kappa shape index (κ3) is 2.34. The predicted molar refractivity (Wildman–Crippen MR) is 89.1 cm³/mol. The van der Waals surface area contributed by atoms with Gasteiger partial charge in [0.2, 0.25) is 0 Å². The van der Waals surface area contributed by atoms with Gasteiger partial charge in [-0.2, -0.15) is 0 Å². The van der Waals surface area contributed by atoms with E-state index in [2.05, 4.69) is 50.2 Å². The number of nitrogens with one attached hydrogen (secondary N) is 1. The fourth-order valence-corrected chi connectivity index (χ4v) is 4.47. The van der Waals surface area contributed by atoms with Crippen molar-refractivity contribution in [2.24, 2.45) is 0 Å². The van der Waals surface area contributed by atoms with E-state index >= 15 is 0 Å². The van der Waals surface area contributed by atoms with Gasteiger partial charge < -0.3 is 4.98 Å². The molecule has 1 unspecified atom stereocenters. The molecule has 0 amide bonds. The molecular weight excluding hydrogens is 348 g/mol. The van der Waals surface area contributed by atoms with E-state index in [4.69, 9.17) is 0 Å². The van der Waals surface area contributed by atoms with E-state index < -0.39 is 0 Å². The van der Waals surface area contributed by atoms with E-state index in [9.17, 15) is 4.79 Å². The average molecular weight is 361 g/mol. The molecule has 0 saturated heterocycles. The molecule has 0 fully saturated rings. The van der Waals surface area contributed by atoms with Gasteiger partial charge in [-0.1, -0.05) is 24.3 Å². The van der Waals surface area contributed by atoms with Gasteiger partial charge in [-0.3, -0.25) is 4.79 Å². The van der Waals surface area contributed by atoms with Crippen LogP contribution in [0.5, 0.6) is 0 Å². The van der Waals surface area contributed by atoms with E-state index in [1.165, 1.54) is 22.5 Å². The highest BCUT2D eigenvalue weighted by Gasteiger charge is 2.22. The summed E-state index contributed by atoms with van der Waals surface area (Å²) in [6, 6.07) is 10.5. The Morgan fingerprint density at radius 3 is 2.95 bits per heavy atom. The Kier molecular flexibility index (Phi) is 3.19. The van der Waals surface area contributed by atoms with Gasteiger partial charge in [0.1, 0.15) is 10.5 Å². The highest BCUT2D eigenvalue weighted by atomic mass is 79.9. The molecule has 106 valence electrons. The molecule has 1 atom stereocenters. The summed E-state index contributed by atoms with van der Waals surface area (Å²) in [5.41, 5.74) is 3.58. The molecule has 5 heteroatoms. The minimum absolute atomic E-state index is 0.0236. The first-order valence-corrected chi connectivity index (χ1v) is 8.58. The van der Waals surface area contributed by atoms with Gasteiger partial charge in [-0.15, -0.1) is 11.3 Å². The lowest BCUT2D eigenvalue weighted by molar-refractivity contribution is 0.556. The number of aromatic nitrogens is 2. The minimum Gasteiger partial charge on any atom is -0.309 e. The number of fused-ring (bicyclic) bond motifs is 2. The maximum absolute atomic E-state index is 12.2. The summed E-state index contributed by atoms with van der Waals surface area (Å²) in [5.74, 6) is 1.13. The van der Waals surface area contributed by atoms with Crippen LogP contribution in [0.3, 0.4) is 0 Å². The van der Waals surface area contributed by atoms with Crippen LogP contribution in [0.15, 0.2) is 38.9 Å². The minimum atomic E-state index is -0.0236. The molecule has 0 aliphatic heterocycles. The van der Waals surface area contributed by atoms with Crippen LogP contribution in [0.1, 0.15) is 29.3 Å². The summed E-state index contributed by atoms with van der Waals surface area (Å²) in [4.78, 5) is 19.9. The normalized spacial score (nSPS) is 17.9. The molecule has 2 aromatic heterocycles. The highest BCUT2D eigenvalue weighted by Crippen LogP contribution is 2.32. The molecule has 1 aliphatic carbocycles. The highest BCUT2D eigenvalue weighted by molar-refractivity contribution is 9.11. The lowest BCUT2D eigenvalue weighted by atomic mass is 9.83. The summed E-state index contributed by atoms with van der Waals surface area (Å²) in [7, 11) is 0. The van der Waals surface area contributed by atoms with Crippen LogP contribution >= 0.6 is 27.3 Å². The van der Waals surface area contributed by atoms with Gasteiger partial charge in [0.15, 0.2) is 0 Å². The molecule has 2 heterocycles. The third-order valence-electron chi connectivity index (χ3n) is 4.10. The number of thiophene rings is 1. The molecule has 1 aliphatic rings. The predicted octanol–water partition coefficient (Wildman–Crippen LogP) is 4.02. The quantitative estimate of drug-likeness (QED) is 0.712. The topological polar surface area (TPSA) is 45.8 Å². The SMILES string of the molecule is O=c1[nH]c(C2CCc3ccccc3C2)nc2cc(Br)sc12. The summed E-state index contributed by atoms with van der Waals surface area (Å²) in [6.45, 7) is 0. The maximum atomic E-state index is 12.2. The van der Waals surface area contributed by atoms with Crippen LogP contribution in [0.25, 0.3) is 10.2 Å². The number of benzene rings is 1. The molecule has 0 spiro atoms. The van der Waals surface area contributed by atoms with Gasteiger partial charge in [0.25, 0.3) is 5.56 Å². The van der Waals surface area contributed by atoms with Crippen molar-refractivity contribution < 1.29 is 0 Å². The first kappa shape index (κ1) is 13.2. The number of hydrogen-bond donors (Lipinski definition) is 1. The van der Waals surface area contributed by atoms with Gasteiger partial charge >= 0.3 is 0 Å². The lowest BCUT2D eigenvalue weighted by Crippen LogP contribution is -2.19. The standard InChI is InChI=1S/C16H13BrN2OS/c17-13-8-12-14(21-13)16(20)19-15(18-12)11-6-5-9-3-1-2-4-10(9)7-11/h1-4,8,11H,5-7H2,(H,18,19,20). The van der Waals surface area contributed by atoms with Crippen molar-refractivity contribution in [1.82, 2.24) is 9.97 Å². The van der Waals surface area contributed by atoms with Crippen molar-refractivity contribution in [1.29, 1.82) is 0 Å². The number of halogens is 1. The summed E-state index contributed by atoms with van der Waals surface area (Å²) in [5, 5.41) is 0. The van der Waals surface area contributed by atoms with Crippen molar-refractivity contribution in [3.8, 4) is 0 Å². The zero-order valence-corrected chi connectivity index (χ0v) is 13.6. The summed E-state index contributed by atoms with van der Waals surface area (Å²) < 4.78 is 1.64. The number of rotatable bonds is 1. The third-order valence-corrected chi connectivity index (χ3v) is 5.73. The fourth-order valence-electron chi connectivity index (χ4n) is 3.05. The van der Waals surface area contributed by atoms with Gasteiger partial charge in [-0.05, 0) is 52.4 Å². The van der Waals surface area contributed by atoms with Crippen LogP contribution in [-0.4, -0.2) is 9.97 Å². The molecule has 1 N–H and O–H groups in total. The molecular formula is C16H13BrN2OS. The zero-order chi connectivity index (χ0) is 14.4. The average Bonchev–Trinajstić information content (AvgIpc) is 2.88. The first-order chi connectivity index (χ1) is 10.2. The van der Waals surface area contributed by atoms with E-state index in [-0.39, 0.29) is 5.56 Å². The Labute approximate surface area is 134 Å². The number of nitrogens with zero attached hydrogens (tertiary/aromatic N) is 1. The lowest BCUT2D eigenvalue weighted by Gasteiger charge is -2.23. The van der Waals surface area contributed by atoms with E-state index in [1.807, 2.05) is 6.07 Å². The van der Waals surface area contributed by atoms with Crippen molar-refractivity contribution in [2.75, 3.05) is 0 Å². The second kappa shape index (κ2) is 5.07. The molecule has 4 rings (SSSR count). The Morgan fingerprint density at radius 2 is 2.10 bits per heavy atom. The smallest absolute Gasteiger partial charge is 0.268 e. The molecule has 0 bridgehead atoms. The van der Waals surface area contributed by atoms with E-state index in [1.54, 1.807) is 0 Å². The molecule has 0 saturated carbocycles. The van der Waals surface area contributed by atoms with Gasteiger partial charge in [0, 0.05) is 5.92 Å². The van der Waals surface area contributed by atoms with Gasteiger partial charge in [0.05, 0.1) is 9.30 Å². The van der Waals surface area contributed by atoms with Gasteiger partial charge in [-0.25, -0.2) is 4.98 Å². The Hall–Kier alpha value is -1.46.